The van der Waals surface area contributed by atoms with E-state index in [1.807, 2.05) is 0 Å². The summed E-state index contributed by atoms with van der Waals surface area (Å²) in [4.78, 5) is 23.0. The number of benzene rings is 3. The van der Waals surface area contributed by atoms with Crippen molar-refractivity contribution in [2.75, 3.05) is 7.11 Å². The Kier molecular flexibility index (Phi) is 7.69. The molecule has 0 atom stereocenters. The summed E-state index contributed by atoms with van der Waals surface area (Å²) in [7, 11) is 1.49. The maximum Gasteiger partial charge on any atom is 0.387 e. The van der Waals surface area contributed by atoms with E-state index in [2.05, 4.69) is 4.74 Å². The highest BCUT2D eigenvalue weighted by Crippen LogP contribution is 2.29. The third-order valence-corrected chi connectivity index (χ3v) is 4.54. The van der Waals surface area contributed by atoms with Crippen LogP contribution in [0.5, 0.6) is 17.2 Å². The van der Waals surface area contributed by atoms with Crippen LogP contribution in [0.25, 0.3) is 6.08 Å². The van der Waals surface area contributed by atoms with Crippen molar-refractivity contribution in [1.29, 1.82) is 0 Å². The molecule has 7 nitrogen and oxygen atoms in total. The van der Waals surface area contributed by atoms with Gasteiger partial charge in [-0.05, 0) is 54.1 Å². The van der Waals surface area contributed by atoms with Gasteiger partial charge in [-0.1, -0.05) is 24.3 Å². The summed E-state index contributed by atoms with van der Waals surface area (Å²) in [5, 5.41) is 11.2. The second-order valence-electron chi connectivity index (χ2n) is 6.69. The maximum atomic E-state index is 12.4. The standard InChI is InChI=1S/C24H19F2NO6/c1-31-22-13-7-16(6-12-21(28)17-8-10-19(11-9-17)33-24(25)26)14-18(22)15-32-23-5-3-2-4-20(23)27(29)30/h2-14,24H,15H2,1H3/b12-6+. The largest absolute Gasteiger partial charge is 0.496 e. The van der Waals surface area contributed by atoms with Crippen LogP contribution in [0.2, 0.25) is 0 Å². The Labute approximate surface area is 188 Å². The summed E-state index contributed by atoms with van der Waals surface area (Å²) in [5.41, 5.74) is 1.45. The fourth-order valence-electron chi connectivity index (χ4n) is 2.97. The summed E-state index contributed by atoms with van der Waals surface area (Å²) < 4.78 is 39.7. The predicted octanol–water partition coefficient (Wildman–Crippen LogP) is 5.68. The average Bonchev–Trinajstić information content (AvgIpc) is 2.81. The molecule has 0 aliphatic carbocycles. The molecule has 0 unspecified atom stereocenters. The molecule has 0 aromatic heterocycles. The first-order valence-corrected chi connectivity index (χ1v) is 9.68. The average molecular weight is 455 g/mol. The van der Waals surface area contributed by atoms with Crippen LogP contribution in [0.15, 0.2) is 72.8 Å². The van der Waals surface area contributed by atoms with Gasteiger partial charge in [0.2, 0.25) is 0 Å². The first kappa shape index (κ1) is 23.4. The normalized spacial score (nSPS) is 10.9. The topological polar surface area (TPSA) is 87.9 Å². The van der Waals surface area contributed by atoms with Crippen molar-refractivity contribution in [3.63, 3.8) is 0 Å². The molecule has 0 bridgehead atoms. The summed E-state index contributed by atoms with van der Waals surface area (Å²) in [6.45, 7) is -2.93. The highest BCUT2D eigenvalue weighted by atomic mass is 19.3. The van der Waals surface area contributed by atoms with Crippen molar-refractivity contribution in [3.8, 4) is 17.2 Å². The number of allylic oxidation sites excluding steroid dienone is 1. The van der Waals surface area contributed by atoms with Crippen LogP contribution < -0.4 is 14.2 Å². The lowest BCUT2D eigenvalue weighted by atomic mass is 10.1. The Balaban J connectivity index is 1.73. The molecule has 0 saturated heterocycles. The summed E-state index contributed by atoms with van der Waals surface area (Å²) in [6, 6.07) is 16.6. The smallest absolute Gasteiger partial charge is 0.387 e. The van der Waals surface area contributed by atoms with E-state index in [1.54, 1.807) is 36.4 Å². The number of methoxy groups -OCH3 is 1. The van der Waals surface area contributed by atoms with Crippen molar-refractivity contribution in [1.82, 2.24) is 0 Å². The first-order valence-electron chi connectivity index (χ1n) is 9.68. The van der Waals surface area contributed by atoms with Gasteiger partial charge in [0.1, 0.15) is 18.1 Å². The lowest BCUT2D eigenvalue weighted by molar-refractivity contribution is -0.385. The lowest BCUT2D eigenvalue weighted by Crippen LogP contribution is -2.02. The highest BCUT2D eigenvalue weighted by Gasteiger charge is 2.15. The first-order chi connectivity index (χ1) is 15.9. The molecule has 0 aliphatic rings. The van der Waals surface area contributed by atoms with E-state index in [0.29, 0.717) is 22.4 Å². The molecule has 0 fully saturated rings. The van der Waals surface area contributed by atoms with E-state index >= 15 is 0 Å². The number of para-hydroxylation sites is 2. The van der Waals surface area contributed by atoms with Crippen molar-refractivity contribution < 1.29 is 32.7 Å². The van der Waals surface area contributed by atoms with E-state index in [1.165, 1.54) is 49.6 Å². The monoisotopic (exact) mass is 455 g/mol. The molecule has 0 heterocycles. The zero-order valence-electron chi connectivity index (χ0n) is 17.4. The number of carbonyl (C=O) groups excluding carboxylic acids is 1. The Bertz CT molecular complexity index is 1160. The number of hydrogen-bond donors (Lipinski definition) is 0. The number of ether oxygens (including phenoxy) is 3. The van der Waals surface area contributed by atoms with Gasteiger partial charge < -0.3 is 14.2 Å². The van der Waals surface area contributed by atoms with Crippen molar-refractivity contribution in [2.45, 2.75) is 13.2 Å². The zero-order chi connectivity index (χ0) is 23.8. The minimum Gasteiger partial charge on any atom is -0.496 e. The van der Waals surface area contributed by atoms with Crippen LogP contribution in [-0.2, 0) is 6.61 Å². The van der Waals surface area contributed by atoms with E-state index in [0.717, 1.165) is 0 Å². The van der Waals surface area contributed by atoms with Gasteiger partial charge in [-0.2, -0.15) is 8.78 Å². The van der Waals surface area contributed by atoms with Crippen molar-refractivity contribution >= 4 is 17.5 Å². The van der Waals surface area contributed by atoms with Gasteiger partial charge in [-0.3, -0.25) is 14.9 Å². The van der Waals surface area contributed by atoms with Gasteiger partial charge in [0.25, 0.3) is 0 Å². The molecule has 0 amide bonds. The summed E-state index contributed by atoms with van der Waals surface area (Å²) >= 11 is 0. The maximum absolute atomic E-state index is 12.4. The number of alkyl halides is 2. The Morgan fingerprint density at radius 1 is 1.06 bits per heavy atom. The number of ketones is 1. The Morgan fingerprint density at radius 3 is 2.45 bits per heavy atom. The van der Waals surface area contributed by atoms with Crippen LogP contribution in [0.3, 0.4) is 0 Å². The third-order valence-electron chi connectivity index (χ3n) is 4.54. The molecular weight excluding hydrogens is 436 g/mol. The van der Waals surface area contributed by atoms with Gasteiger partial charge in [-0.25, -0.2) is 0 Å². The number of hydrogen-bond acceptors (Lipinski definition) is 6. The number of carbonyl (C=O) groups is 1. The van der Waals surface area contributed by atoms with Gasteiger partial charge >= 0.3 is 12.3 Å². The molecule has 3 aromatic carbocycles. The molecule has 9 heteroatoms. The Morgan fingerprint density at radius 2 is 1.79 bits per heavy atom. The quantitative estimate of drug-likeness (QED) is 0.169. The molecule has 0 aliphatic heterocycles. The van der Waals surface area contributed by atoms with Crippen LogP contribution in [-0.4, -0.2) is 24.4 Å². The van der Waals surface area contributed by atoms with Gasteiger partial charge in [0, 0.05) is 17.2 Å². The highest BCUT2D eigenvalue weighted by molar-refractivity contribution is 6.06. The SMILES string of the molecule is COc1ccc(/C=C/C(=O)c2ccc(OC(F)F)cc2)cc1COc1ccccc1[N+](=O)[O-]. The predicted molar refractivity (Wildman–Crippen MR) is 117 cm³/mol. The number of halogens is 2. The van der Waals surface area contributed by atoms with Crippen LogP contribution in [0, 0.1) is 10.1 Å². The fraction of sp³-hybridized carbons (Fsp3) is 0.125. The third kappa shape index (κ3) is 6.36. The molecule has 3 aromatic rings. The van der Waals surface area contributed by atoms with E-state index in [-0.39, 0.29) is 29.6 Å². The van der Waals surface area contributed by atoms with Gasteiger partial charge in [0.15, 0.2) is 11.5 Å². The summed E-state index contributed by atoms with van der Waals surface area (Å²) in [6.07, 6.45) is 2.93. The fourth-order valence-corrected chi connectivity index (χ4v) is 2.97. The number of rotatable bonds is 10. The summed E-state index contributed by atoms with van der Waals surface area (Å²) in [5.74, 6) is 0.280. The molecule has 3 rings (SSSR count). The van der Waals surface area contributed by atoms with Crippen LogP contribution >= 0.6 is 0 Å². The van der Waals surface area contributed by atoms with Crippen molar-refractivity contribution in [3.05, 3.63) is 99.6 Å². The van der Waals surface area contributed by atoms with Gasteiger partial charge in [0.05, 0.1) is 12.0 Å². The molecule has 0 spiro atoms. The molecule has 0 radical (unpaired) electrons. The number of nitro groups is 1. The second kappa shape index (κ2) is 10.9. The minimum atomic E-state index is -2.94. The minimum absolute atomic E-state index is 0.00918. The number of nitro benzene ring substituents is 1. The zero-order valence-corrected chi connectivity index (χ0v) is 17.4. The molecular formula is C24H19F2NO6. The second-order valence-corrected chi connectivity index (χ2v) is 6.69. The molecule has 0 saturated carbocycles. The molecule has 0 N–H and O–H groups in total. The molecule has 33 heavy (non-hydrogen) atoms. The van der Waals surface area contributed by atoms with Gasteiger partial charge in [-0.15, -0.1) is 0 Å². The van der Waals surface area contributed by atoms with Crippen LogP contribution in [0.1, 0.15) is 21.5 Å². The number of nitrogens with zero attached hydrogens (tertiary/aromatic N) is 1. The Hall–Kier alpha value is -4.27. The van der Waals surface area contributed by atoms with E-state index in [4.69, 9.17) is 9.47 Å². The van der Waals surface area contributed by atoms with Crippen LogP contribution in [0.4, 0.5) is 14.5 Å². The van der Waals surface area contributed by atoms with E-state index < -0.39 is 11.5 Å². The lowest BCUT2D eigenvalue weighted by Gasteiger charge is -2.11. The van der Waals surface area contributed by atoms with E-state index in [9.17, 15) is 23.7 Å². The van der Waals surface area contributed by atoms with Crippen molar-refractivity contribution in [2.24, 2.45) is 0 Å². The molecule has 170 valence electrons.